The number of hydrogen-bond acceptors (Lipinski definition) is 4. The molecule has 5 heteroatoms. The summed E-state index contributed by atoms with van der Waals surface area (Å²) < 4.78 is 14.1. The van der Waals surface area contributed by atoms with Crippen molar-refractivity contribution in [2.45, 2.75) is 31.8 Å². The number of aryl methyl sites for hydroxylation is 1. The summed E-state index contributed by atoms with van der Waals surface area (Å²) in [7, 11) is 2.15. The zero-order valence-corrected chi connectivity index (χ0v) is 14.3. The van der Waals surface area contributed by atoms with Gasteiger partial charge in [-0.05, 0) is 62.7 Å². The van der Waals surface area contributed by atoms with Crippen LogP contribution >= 0.6 is 0 Å². The van der Waals surface area contributed by atoms with Gasteiger partial charge in [0.05, 0.1) is 11.7 Å². The van der Waals surface area contributed by atoms with Crippen molar-refractivity contribution < 1.29 is 4.39 Å². The van der Waals surface area contributed by atoms with E-state index in [0.29, 0.717) is 17.4 Å². The van der Waals surface area contributed by atoms with E-state index in [4.69, 9.17) is 5.73 Å². The highest BCUT2D eigenvalue weighted by molar-refractivity contribution is 5.35. The highest BCUT2D eigenvalue weighted by Gasteiger charge is 2.23. The average molecular weight is 328 g/mol. The summed E-state index contributed by atoms with van der Waals surface area (Å²) in [5.74, 6) is 0.283. The number of aromatic nitrogens is 1. The van der Waals surface area contributed by atoms with Gasteiger partial charge in [-0.25, -0.2) is 9.37 Å². The van der Waals surface area contributed by atoms with Gasteiger partial charge in [-0.2, -0.15) is 0 Å². The second kappa shape index (κ2) is 7.28. The molecule has 0 saturated carbocycles. The summed E-state index contributed by atoms with van der Waals surface area (Å²) in [6.45, 7) is 3.74. The standard InChI is InChI=1S/C19H25FN4/c1-13-8-9-14(11-16(13)20)19(17-6-3-7-18(21)23-17)22-12-15-5-4-10-24(15)2/h3,6-9,11,15,19,22H,4-5,10,12H2,1-2H3,(H2,21,23). The predicted molar refractivity (Wildman–Crippen MR) is 95.3 cm³/mol. The quantitative estimate of drug-likeness (QED) is 0.886. The molecule has 1 aliphatic heterocycles. The van der Waals surface area contributed by atoms with Crippen molar-refractivity contribution in [3.05, 3.63) is 59.0 Å². The molecule has 0 radical (unpaired) electrons. The lowest BCUT2D eigenvalue weighted by Crippen LogP contribution is -2.37. The predicted octanol–water partition coefficient (Wildman–Crippen LogP) is 2.88. The summed E-state index contributed by atoms with van der Waals surface area (Å²) in [6, 6.07) is 11.3. The first-order chi connectivity index (χ1) is 11.5. The largest absolute Gasteiger partial charge is 0.384 e. The Hall–Kier alpha value is -1.98. The highest BCUT2D eigenvalue weighted by Crippen LogP contribution is 2.24. The van der Waals surface area contributed by atoms with Crippen LogP contribution in [-0.2, 0) is 0 Å². The first-order valence-corrected chi connectivity index (χ1v) is 8.46. The monoisotopic (exact) mass is 328 g/mol. The third-order valence-electron chi connectivity index (χ3n) is 4.85. The first-order valence-electron chi connectivity index (χ1n) is 8.46. The number of nitrogen functional groups attached to an aromatic ring is 1. The lowest BCUT2D eigenvalue weighted by Gasteiger charge is -2.25. The molecule has 0 aliphatic carbocycles. The third kappa shape index (κ3) is 3.74. The summed E-state index contributed by atoms with van der Waals surface area (Å²) in [6.07, 6.45) is 2.41. The zero-order chi connectivity index (χ0) is 17.1. The van der Waals surface area contributed by atoms with E-state index in [9.17, 15) is 4.39 Å². The molecule has 3 N–H and O–H groups in total. The van der Waals surface area contributed by atoms with E-state index < -0.39 is 0 Å². The second-order valence-electron chi connectivity index (χ2n) is 6.61. The van der Waals surface area contributed by atoms with Crippen LogP contribution in [0.5, 0.6) is 0 Å². The number of hydrogen-bond donors (Lipinski definition) is 2. The van der Waals surface area contributed by atoms with Gasteiger partial charge in [0.25, 0.3) is 0 Å². The topological polar surface area (TPSA) is 54.2 Å². The van der Waals surface area contributed by atoms with Gasteiger partial charge in [-0.3, -0.25) is 0 Å². The molecule has 1 aromatic carbocycles. The number of benzene rings is 1. The Balaban J connectivity index is 1.86. The van der Waals surface area contributed by atoms with Crippen molar-refractivity contribution in [3.63, 3.8) is 0 Å². The minimum atomic E-state index is -0.193. The van der Waals surface area contributed by atoms with E-state index in [0.717, 1.165) is 24.3 Å². The molecule has 2 aromatic rings. The third-order valence-corrected chi connectivity index (χ3v) is 4.85. The molecule has 0 amide bonds. The van der Waals surface area contributed by atoms with Gasteiger partial charge in [-0.1, -0.05) is 18.2 Å². The molecule has 3 rings (SSSR count). The van der Waals surface area contributed by atoms with Crippen LogP contribution in [0.4, 0.5) is 10.2 Å². The number of rotatable bonds is 5. The average Bonchev–Trinajstić information content (AvgIpc) is 2.96. The van der Waals surface area contributed by atoms with Crippen LogP contribution in [0.2, 0.25) is 0 Å². The maximum absolute atomic E-state index is 14.1. The molecule has 24 heavy (non-hydrogen) atoms. The van der Waals surface area contributed by atoms with E-state index >= 15 is 0 Å². The number of likely N-dealkylation sites (tertiary alicyclic amines) is 1. The summed E-state index contributed by atoms with van der Waals surface area (Å²) in [5, 5.41) is 3.57. The minimum absolute atomic E-state index is 0.169. The first kappa shape index (κ1) is 16.9. The van der Waals surface area contributed by atoms with Gasteiger partial charge < -0.3 is 16.0 Å². The van der Waals surface area contributed by atoms with Gasteiger partial charge in [-0.15, -0.1) is 0 Å². The van der Waals surface area contributed by atoms with Gasteiger partial charge in [0.2, 0.25) is 0 Å². The Morgan fingerprint density at radius 3 is 2.88 bits per heavy atom. The van der Waals surface area contributed by atoms with E-state index in [1.165, 1.54) is 12.8 Å². The molecule has 0 spiro atoms. The fourth-order valence-electron chi connectivity index (χ4n) is 3.30. The lowest BCUT2D eigenvalue weighted by atomic mass is 10.0. The molecular weight excluding hydrogens is 303 g/mol. The van der Waals surface area contributed by atoms with Crippen molar-refractivity contribution >= 4 is 5.82 Å². The Bertz CT molecular complexity index is 704. The number of anilines is 1. The van der Waals surface area contributed by atoms with Gasteiger partial charge in [0, 0.05) is 12.6 Å². The Morgan fingerprint density at radius 2 is 2.21 bits per heavy atom. The number of halogens is 1. The number of likely N-dealkylation sites (N-methyl/N-ethyl adjacent to an activating group) is 1. The Morgan fingerprint density at radius 1 is 1.38 bits per heavy atom. The SMILES string of the molecule is Cc1ccc(C(NCC2CCCN2C)c2cccc(N)n2)cc1F. The molecule has 2 unspecified atom stereocenters. The molecule has 2 heterocycles. The fraction of sp³-hybridized carbons (Fsp3) is 0.421. The van der Waals surface area contributed by atoms with Crippen LogP contribution in [0.3, 0.4) is 0 Å². The maximum Gasteiger partial charge on any atom is 0.126 e. The Labute approximate surface area is 142 Å². The van der Waals surface area contributed by atoms with Crippen LogP contribution < -0.4 is 11.1 Å². The number of pyridine rings is 1. The number of nitrogens with zero attached hydrogens (tertiary/aromatic N) is 2. The molecule has 1 fully saturated rings. The van der Waals surface area contributed by atoms with Crippen molar-refractivity contribution in [3.8, 4) is 0 Å². The molecule has 1 aliphatic rings. The molecule has 1 aromatic heterocycles. The summed E-state index contributed by atoms with van der Waals surface area (Å²) >= 11 is 0. The zero-order valence-electron chi connectivity index (χ0n) is 14.3. The van der Waals surface area contributed by atoms with Gasteiger partial charge >= 0.3 is 0 Å². The fourth-order valence-corrected chi connectivity index (χ4v) is 3.30. The molecule has 0 bridgehead atoms. The van der Waals surface area contributed by atoms with E-state index in [-0.39, 0.29) is 11.9 Å². The number of nitrogens with two attached hydrogens (primary N) is 1. The molecule has 128 valence electrons. The highest BCUT2D eigenvalue weighted by atomic mass is 19.1. The van der Waals surface area contributed by atoms with Crippen molar-refractivity contribution in [2.24, 2.45) is 0 Å². The van der Waals surface area contributed by atoms with E-state index in [1.807, 2.05) is 24.3 Å². The van der Waals surface area contributed by atoms with Crippen LogP contribution in [0.25, 0.3) is 0 Å². The van der Waals surface area contributed by atoms with Gasteiger partial charge in [0.1, 0.15) is 11.6 Å². The van der Waals surface area contributed by atoms with Crippen LogP contribution in [-0.4, -0.2) is 36.1 Å². The van der Waals surface area contributed by atoms with Crippen LogP contribution in [0.15, 0.2) is 36.4 Å². The molecule has 4 nitrogen and oxygen atoms in total. The van der Waals surface area contributed by atoms with Crippen molar-refractivity contribution in [1.29, 1.82) is 0 Å². The summed E-state index contributed by atoms with van der Waals surface area (Å²) in [4.78, 5) is 6.81. The molecule has 2 atom stereocenters. The van der Waals surface area contributed by atoms with Crippen LogP contribution in [0.1, 0.15) is 35.7 Å². The molecule has 1 saturated heterocycles. The summed E-state index contributed by atoms with van der Waals surface area (Å²) in [5.41, 5.74) is 8.18. The second-order valence-corrected chi connectivity index (χ2v) is 6.61. The normalized spacial score (nSPS) is 19.5. The molecular formula is C19H25FN4. The maximum atomic E-state index is 14.1. The van der Waals surface area contributed by atoms with Crippen LogP contribution in [0, 0.1) is 12.7 Å². The smallest absolute Gasteiger partial charge is 0.126 e. The lowest BCUT2D eigenvalue weighted by molar-refractivity contribution is 0.295. The minimum Gasteiger partial charge on any atom is -0.384 e. The Kier molecular flexibility index (Phi) is 5.11. The van der Waals surface area contributed by atoms with Crippen molar-refractivity contribution in [1.82, 2.24) is 15.2 Å². The number of nitrogens with one attached hydrogen (secondary N) is 1. The van der Waals surface area contributed by atoms with E-state index in [2.05, 4.69) is 22.2 Å². The van der Waals surface area contributed by atoms with E-state index in [1.54, 1.807) is 19.1 Å². The van der Waals surface area contributed by atoms with Gasteiger partial charge in [0.15, 0.2) is 0 Å². The van der Waals surface area contributed by atoms with Crippen molar-refractivity contribution in [2.75, 3.05) is 25.9 Å².